The van der Waals surface area contributed by atoms with Crippen molar-refractivity contribution in [2.24, 2.45) is 17.8 Å². The summed E-state index contributed by atoms with van der Waals surface area (Å²) in [6.45, 7) is 4.52. The van der Waals surface area contributed by atoms with Crippen LogP contribution in [-0.2, 0) is 4.79 Å². The van der Waals surface area contributed by atoms with Gasteiger partial charge in [-0.1, -0.05) is 20.3 Å². The normalized spacial score (nSPS) is 29.9. The Morgan fingerprint density at radius 2 is 1.93 bits per heavy atom. The smallest absolute Gasteiger partial charge is 0.306 e. The van der Waals surface area contributed by atoms with Crippen LogP contribution in [0.1, 0.15) is 52.4 Å². The van der Waals surface area contributed by atoms with E-state index in [4.69, 9.17) is 5.11 Å². The van der Waals surface area contributed by atoms with Crippen LogP contribution in [0.15, 0.2) is 0 Å². The summed E-state index contributed by atoms with van der Waals surface area (Å²) in [5.41, 5.74) is 0. The van der Waals surface area contributed by atoms with Crippen LogP contribution in [0, 0.1) is 17.8 Å². The molecule has 82 valence electrons. The SMILES string of the molecule is CCC(C)C[C@H]1CC[C@H](C(=O)O)CC1. The Labute approximate surface area is 86.7 Å². The van der Waals surface area contributed by atoms with Gasteiger partial charge in [0.15, 0.2) is 0 Å². The van der Waals surface area contributed by atoms with Crippen molar-refractivity contribution in [2.75, 3.05) is 0 Å². The van der Waals surface area contributed by atoms with Crippen LogP contribution in [0.3, 0.4) is 0 Å². The highest BCUT2D eigenvalue weighted by molar-refractivity contribution is 5.69. The Bertz CT molecular complexity index is 181. The number of aliphatic carboxylic acids is 1. The van der Waals surface area contributed by atoms with E-state index in [1.54, 1.807) is 0 Å². The zero-order valence-corrected chi connectivity index (χ0v) is 9.33. The van der Waals surface area contributed by atoms with Crippen molar-refractivity contribution in [3.8, 4) is 0 Å². The van der Waals surface area contributed by atoms with E-state index in [-0.39, 0.29) is 5.92 Å². The van der Waals surface area contributed by atoms with Crippen molar-refractivity contribution < 1.29 is 9.90 Å². The molecule has 0 aromatic heterocycles. The van der Waals surface area contributed by atoms with Gasteiger partial charge in [0, 0.05) is 0 Å². The van der Waals surface area contributed by atoms with Crippen molar-refractivity contribution >= 4 is 5.97 Å². The Morgan fingerprint density at radius 1 is 1.36 bits per heavy atom. The van der Waals surface area contributed by atoms with Crippen molar-refractivity contribution in [1.29, 1.82) is 0 Å². The van der Waals surface area contributed by atoms with Gasteiger partial charge in [0.25, 0.3) is 0 Å². The van der Waals surface area contributed by atoms with Gasteiger partial charge >= 0.3 is 5.97 Å². The highest BCUT2D eigenvalue weighted by Crippen LogP contribution is 2.33. The summed E-state index contributed by atoms with van der Waals surface area (Å²) in [4.78, 5) is 10.7. The summed E-state index contributed by atoms with van der Waals surface area (Å²) < 4.78 is 0. The molecule has 0 saturated heterocycles. The Balaban J connectivity index is 2.25. The first-order valence-corrected chi connectivity index (χ1v) is 5.86. The van der Waals surface area contributed by atoms with Gasteiger partial charge in [-0.25, -0.2) is 0 Å². The monoisotopic (exact) mass is 198 g/mol. The van der Waals surface area contributed by atoms with Crippen LogP contribution in [-0.4, -0.2) is 11.1 Å². The van der Waals surface area contributed by atoms with Crippen LogP contribution < -0.4 is 0 Å². The fourth-order valence-corrected chi connectivity index (χ4v) is 2.38. The van der Waals surface area contributed by atoms with E-state index in [2.05, 4.69) is 13.8 Å². The summed E-state index contributed by atoms with van der Waals surface area (Å²) in [6.07, 6.45) is 6.59. The molecule has 1 aliphatic carbocycles. The van der Waals surface area contributed by atoms with Crippen LogP contribution in [0.5, 0.6) is 0 Å². The lowest BCUT2D eigenvalue weighted by atomic mass is 9.78. The second-order valence-corrected chi connectivity index (χ2v) is 4.81. The van der Waals surface area contributed by atoms with Gasteiger partial charge in [-0.15, -0.1) is 0 Å². The Morgan fingerprint density at radius 3 is 2.36 bits per heavy atom. The van der Waals surface area contributed by atoms with E-state index in [1.165, 1.54) is 12.8 Å². The molecule has 1 N–H and O–H groups in total. The van der Waals surface area contributed by atoms with E-state index < -0.39 is 5.97 Å². The molecule has 0 aromatic carbocycles. The molecule has 0 aliphatic heterocycles. The summed E-state index contributed by atoms with van der Waals surface area (Å²) in [5.74, 6) is 0.956. The summed E-state index contributed by atoms with van der Waals surface area (Å²) in [7, 11) is 0. The molecular weight excluding hydrogens is 176 g/mol. The van der Waals surface area contributed by atoms with Crippen molar-refractivity contribution in [3.05, 3.63) is 0 Å². The molecule has 1 atom stereocenters. The first kappa shape index (κ1) is 11.5. The quantitative estimate of drug-likeness (QED) is 0.752. The first-order chi connectivity index (χ1) is 6.63. The van der Waals surface area contributed by atoms with Crippen LogP contribution in [0.2, 0.25) is 0 Å². The summed E-state index contributed by atoms with van der Waals surface area (Å²) in [5, 5.41) is 8.85. The maximum atomic E-state index is 10.7. The van der Waals surface area contributed by atoms with E-state index >= 15 is 0 Å². The standard InChI is InChI=1S/C12H22O2/c1-3-9(2)8-10-4-6-11(7-5-10)12(13)14/h9-11H,3-8H2,1-2H3,(H,13,14)/t9?,10-,11-. The number of carboxylic acids is 1. The zero-order chi connectivity index (χ0) is 10.6. The van der Waals surface area contributed by atoms with Crippen LogP contribution in [0.4, 0.5) is 0 Å². The molecule has 2 nitrogen and oxygen atoms in total. The summed E-state index contributed by atoms with van der Waals surface area (Å²) in [6, 6.07) is 0. The number of hydrogen-bond acceptors (Lipinski definition) is 1. The van der Waals surface area contributed by atoms with Crippen LogP contribution in [0.25, 0.3) is 0 Å². The molecule has 0 bridgehead atoms. The maximum absolute atomic E-state index is 10.7. The molecule has 1 saturated carbocycles. The van der Waals surface area contributed by atoms with Gasteiger partial charge in [0.2, 0.25) is 0 Å². The minimum absolute atomic E-state index is 0.0526. The number of carboxylic acid groups (broad SMARTS) is 1. The second kappa shape index (κ2) is 5.38. The maximum Gasteiger partial charge on any atom is 0.306 e. The number of hydrogen-bond donors (Lipinski definition) is 1. The van der Waals surface area contributed by atoms with Crippen molar-refractivity contribution in [2.45, 2.75) is 52.4 Å². The average molecular weight is 198 g/mol. The number of rotatable bonds is 4. The molecule has 1 aliphatic rings. The molecule has 1 rings (SSSR count). The predicted octanol–water partition coefficient (Wildman–Crippen LogP) is 3.31. The third-order valence-electron chi connectivity index (χ3n) is 3.63. The van der Waals surface area contributed by atoms with Gasteiger partial charge < -0.3 is 5.11 Å². The van der Waals surface area contributed by atoms with Crippen LogP contribution >= 0.6 is 0 Å². The van der Waals surface area contributed by atoms with E-state index in [9.17, 15) is 4.79 Å². The predicted molar refractivity (Wildman–Crippen MR) is 57.2 cm³/mol. The second-order valence-electron chi connectivity index (χ2n) is 4.81. The average Bonchev–Trinajstić information content (AvgIpc) is 2.18. The Hall–Kier alpha value is -0.530. The van der Waals surface area contributed by atoms with Gasteiger partial charge in [0.1, 0.15) is 0 Å². The highest BCUT2D eigenvalue weighted by Gasteiger charge is 2.26. The molecule has 0 spiro atoms. The van der Waals surface area contributed by atoms with Gasteiger partial charge in [-0.2, -0.15) is 0 Å². The molecule has 2 heteroatoms. The fourth-order valence-electron chi connectivity index (χ4n) is 2.38. The fraction of sp³-hybridized carbons (Fsp3) is 0.917. The molecule has 14 heavy (non-hydrogen) atoms. The Kier molecular flexibility index (Phi) is 4.43. The van der Waals surface area contributed by atoms with Crippen molar-refractivity contribution in [3.63, 3.8) is 0 Å². The first-order valence-electron chi connectivity index (χ1n) is 5.86. The molecular formula is C12H22O2. The minimum Gasteiger partial charge on any atom is -0.481 e. The molecule has 0 aromatic rings. The zero-order valence-electron chi connectivity index (χ0n) is 9.33. The molecule has 0 radical (unpaired) electrons. The molecule has 1 unspecified atom stereocenters. The van der Waals surface area contributed by atoms with Gasteiger partial charge in [-0.05, 0) is 43.9 Å². The lowest BCUT2D eigenvalue weighted by Gasteiger charge is -2.27. The van der Waals surface area contributed by atoms with Gasteiger partial charge in [-0.3, -0.25) is 4.79 Å². The van der Waals surface area contributed by atoms with E-state index in [0.29, 0.717) is 0 Å². The summed E-state index contributed by atoms with van der Waals surface area (Å²) >= 11 is 0. The van der Waals surface area contributed by atoms with Gasteiger partial charge in [0.05, 0.1) is 5.92 Å². The number of carbonyl (C=O) groups is 1. The highest BCUT2D eigenvalue weighted by atomic mass is 16.4. The van der Waals surface area contributed by atoms with E-state index in [1.807, 2.05) is 0 Å². The lowest BCUT2D eigenvalue weighted by molar-refractivity contribution is -0.143. The third kappa shape index (κ3) is 3.32. The topological polar surface area (TPSA) is 37.3 Å². The molecule has 0 amide bonds. The molecule has 0 heterocycles. The van der Waals surface area contributed by atoms with E-state index in [0.717, 1.165) is 37.5 Å². The van der Waals surface area contributed by atoms with Crippen molar-refractivity contribution in [1.82, 2.24) is 0 Å². The largest absolute Gasteiger partial charge is 0.481 e. The third-order valence-corrected chi connectivity index (χ3v) is 3.63. The molecule has 1 fully saturated rings. The lowest BCUT2D eigenvalue weighted by Crippen LogP contribution is -2.22. The minimum atomic E-state index is -0.591.